The number of fused-ring (bicyclic) bond motifs is 2. The van der Waals surface area contributed by atoms with Crippen LogP contribution in [0.1, 0.15) is 22.5 Å². The van der Waals surface area contributed by atoms with Crippen molar-refractivity contribution < 1.29 is 4.79 Å². The molecule has 5 heteroatoms. The van der Waals surface area contributed by atoms with Crippen molar-refractivity contribution in [2.75, 3.05) is 19.6 Å². The first-order valence-corrected chi connectivity index (χ1v) is 9.26. The molecule has 3 nitrogen and oxygen atoms in total. The first-order chi connectivity index (χ1) is 11.2. The molecule has 1 aromatic heterocycles. The van der Waals surface area contributed by atoms with Gasteiger partial charge in [0.05, 0.1) is 4.88 Å². The van der Waals surface area contributed by atoms with Gasteiger partial charge in [-0.1, -0.05) is 23.7 Å². The van der Waals surface area contributed by atoms with Crippen molar-refractivity contribution in [3.63, 3.8) is 0 Å². The highest BCUT2D eigenvalue weighted by molar-refractivity contribution is 7.17. The molecule has 1 amide bonds. The fourth-order valence-electron chi connectivity index (χ4n) is 3.68. The molecule has 4 rings (SSSR count). The van der Waals surface area contributed by atoms with Crippen LogP contribution in [0.3, 0.4) is 0 Å². The van der Waals surface area contributed by atoms with Gasteiger partial charge in [-0.05, 0) is 55.1 Å². The van der Waals surface area contributed by atoms with Crippen LogP contribution in [0.25, 0.3) is 10.4 Å². The van der Waals surface area contributed by atoms with Gasteiger partial charge in [0.1, 0.15) is 0 Å². The van der Waals surface area contributed by atoms with Crippen molar-refractivity contribution in [3.05, 3.63) is 46.3 Å². The lowest BCUT2D eigenvalue weighted by molar-refractivity contribution is 0.0913. The fourth-order valence-corrected chi connectivity index (χ4v) is 4.77. The summed E-state index contributed by atoms with van der Waals surface area (Å²) in [6.07, 6.45) is 2.40. The van der Waals surface area contributed by atoms with E-state index in [1.807, 2.05) is 36.4 Å². The summed E-state index contributed by atoms with van der Waals surface area (Å²) in [4.78, 5) is 16.8. The molecule has 2 aromatic rings. The van der Waals surface area contributed by atoms with Crippen LogP contribution in [0.15, 0.2) is 36.4 Å². The Morgan fingerprint density at radius 1 is 1.26 bits per heavy atom. The fraction of sp³-hybridized carbons (Fsp3) is 0.389. The summed E-state index contributed by atoms with van der Waals surface area (Å²) in [5.41, 5.74) is 1.06. The van der Waals surface area contributed by atoms with Gasteiger partial charge in [0.2, 0.25) is 0 Å². The van der Waals surface area contributed by atoms with Gasteiger partial charge < -0.3 is 10.2 Å². The van der Waals surface area contributed by atoms with Crippen LogP contribution < -0.4 is 5.32 Å². The molecule has 0 radical (unpaired) electrons. The zero-order chi connectivity index (χ0) is 15.8. The van der Waals surface area contributed by atoms with E-state index in [2.05, 4.69) is 10.2 Å². The Morgan fingerprint density at radius 3 is 3.00 bits per heavy atom. The van der Waals surface area contributed by atoms with E-state index < -0.39 is 0 Å². The van der Waals surface area contributed by atoms with Crippen LogP contribution >= 0.6 is 22.9 Å². The average Bonchev–Trinajstić information content (AvgIpc) is 3.14. The Labute approximate surface area is 145 Å². The molecule has 3 atom stereocenters. The molecule has 2 bridgehead atoms. The number of halogens is 1. The Hall–Kier alpha value is -1.36. The quantitative estimate of drug-likeness (QED) is 0.914. The average molecular weight is 347 g/mol. The van der Waals surface area contributed by atoms with Crippen LogP contribution in [0.2, 0.25) is 5.02 Å². The van der Waals surface area contributed by atoms with Gasteiger partial charge in [0.25, 0.3) is 5.91 Å². The Kier molecular flexibility index (Phi) is 4.14. The number of nitrogens with one attached hydrogen (secondary N) is 1. The summed E-state index contributed by atoms with van der Waals surface area (Å²) < 4.78 is 0. The molecule has 0 spiro atoms. The number of benzene rings is 1. The Morgan fingerprint density at radius 2 is 2.17 bits per heavy atom. The van der Waals surface area contributed by atoms with Crippen LogP contribution in [0.4, 0.5) is 0 Å². The molecule has 1 N–H and O–H groups in total. The van der Waals surface area contributed by atoms with Crippen LogP contribution in [0, 0.1) is 5.92 Å². The first-order valence-electron chi connectivity index (χ1n) is 8.06. The summed E-state index contributed by atoms with van der Waals surface area (Å²) >= 11 is 7.57. The molecule has 0 aliphatic carbocycles. The smallest absolute Gasteiger partial charge is 0.261 e. The molecule has 2 saturated heterocycles. The van der Waals surface area contributed by atoms with E-state index in [0.717, 1.165) is 34.2 Å². The summed E-state index contributed by atoms with van der Waals surface area (Å²) in [6, 6.07) is 11.9. The number of carbonyl (C=O) groups is 1. The Bertz CT molecular complexity index is 717. The van der Waals surface area contributed by atoms with E-state index in [1.165, 1.54) is 30.8 Å². The maximum atomic E-state index is 12.5. The van der Waals surface area contributed by atoms with Gasteiger partial charge >= 0.3 is 0 Å². The Balaban J connectivity index is 1.45. The lowest BCUT2D eigenvalue weighted by atomic mass is 9.97. The highest BCUT2D eigenvalue weighted by Crippen LogP contribution is 2.30. The number of hydrogen-bond acceptors (Lipinski definition) is 3. The molecule has 2 fully saturated rings. The zero-order valence-corrected chi connectivity index (χ0v) is 14.4. The van der Waals surface area contributed by atoms with E-state index in [4.69, 9.17) is 11.6 Å². The van der Waals surface area contributed by atoms with Crippen LogP contribution in [-0.4, -0.2) is 36.5 Å². The molecule has 23 heavy (non-hydrogen) atoms. The number of piperidine rings is 1. The summed E-state index contributed by atoms with van der Waals surface area (Å²) in [7, 11) is 0. The molecule has 2 aliphatic rings. The third-order valence-electron chi connectivity index (χ3n) is 4.74. The number of rotatable bonds is 3. The van der Waals surface area contributed by atoms with Crippen molar-refractivity contribution in [2.24, 2.45) is 5.92 Å². The van der Waals surface area contributed by atoms with Crippen molar-refractivity contribution in [2.45, 2.75) is 18.9 Å². The highest BCUT2D eigenvalue weighted by atomic mass is 35.5. The minimum absolute atomic E-state index is 0.0516. The predicted molar refractivity (Wildman–Crippen MR) is 95.2 cm³/mol. The molecule has 1 aromatic carbocycles. The lowest BCUT2D eigenvalue weighted by Gasteiger charge is -2.30. The third kappa shape index (κ3) is 3.30. The van der Waals surface area contributed by atoms with Gasteiger partial charge in [0.15, 0.2) is 0 Å². The monoisotopic (exact) mass is 346 g/mol. The topological polar surface area (TPSA) is 32.3 Å². The largest absolute Gasteiger partial charge is 0.347 e. The number of thiophene rings is 1. The lowest BCUT2D eigenvalue weighted by Crippen LogP contribution is -2.46. The van der Waals surface area contributed by atoms with Gasteiger partial charge in [-0.3, -0.25) is 4.79 Å². The van der Waals surface area contributed by atoms with E-state index in [0.29, 0.717) is 11.1 Å². The van der Waals surface area contributed by atoms with Crippen molar-refractivity contribution in [1.29, 1.82) is 0 Å². The zero-order valence-electron chi connectivity index (χ0n) is 12.8. The summed E-state index contributed by atoms with van der Waals surface area (Å²) in [5, 5.41) is 3.93. The maximum Gasteiger partial charge on any atom is 0.261 e. The number of carbonyl (C=O) groups excluding carboxylic acids is 1. The predicted octanol–water partition coefficient (Wildman–Crippen LogP) is 3.89. The minimum atomic E-state index is 0.0516. The minimum Gasteiger partial charge on any atom is -0.347 e. The van der Waals surface area contributed by atoms with Gasteiger partial charge in [-0.2, -0.15) is 0 Å². The number of hydrogen-bond donors (Lipinski definition) is 1. The number of amides is 1. The second-order valence-electron chi connectivity index (χ2n) is 6.49. The van der Waals surface area contributed by atoms with E-state index >= 15 is 0 Å². The van der Waals surface area contributed by atoms with E-state index in [9.17, 15) is 4.79 Å². The number of nitrogens with zero attached hydrogens (tertiary/aromatic N) is 1. The summed E-state index contributed by atoms with van der Waals surface area (Å²) in [6.45, 7) is 3.40. The second kappa shape index (κ2) is 6.27. The van der Waals surface area contributed by atoms with E-state index in [1.54, 1.807) is 0 Å². The molecule has 1 unspecified atom stereocenters. The van der Waals surface area contributed by atoms with Gasteiger partial charge in [0, 0.05) is 29.0 Å². The van der Waals surface area contributed by atoms with Crippen molar-refractivity contribution >= 4 is 28.8 Å². The van der Waals surface area contributed by atoms with Gasteiger partial charge in [-0.25, -0.2) is 0 Å². The van der Waals surface area contributed by atoms with Crippen LogP contribution in [0.5, 0.6) is 0 Å². The maximum absolute atomic E-state index is 12.5. The molecule has 120 valence electrons. The first kappa shape index (κ1) is 15.2. The van der Waals surface area contributed by atoms with Crippen molar-refractivity contribution in [3.8, 4) is 10.4 Å². The van der Waals surface area contributed by atoms with E-state index in [-0.39, 0.29) is 5.91 Å². The molecular weight excluding hydrogens is 328 g/mol. The second-order valence-corrected chi connectivity index (χ2v) is 8.01. The standard InChI is InChI=1S/C18H19ClN2OS/c19-14-3-1-2-13(9-14)16-4-5-17(23-16)18(22)20-15-8-12-6-7-21(10-12)11-15/h1-5,9,12,15H,6-8,10-11H2,(H,20,22)/t12-,15-/m1/s1. The molecular formula is C18H19ClN2OS. The third-order valence-corrected chi connectivity index (χ3v) is 6.11. The molecule has 2 aliphatic heterocycles. The molecule has 0 saturated carbocycles. The SMILES string of the molecule is O=C(N[C@@H]1C[C@H]2CCN(C2)C1)c1ccc(-c2cccc(Cl)c2)s1. The van der Waals surface area contributed by atoms with Gasteiger partial charge in [-0.15, -0.1) is 11.3 Å². The van der Waals surface area contributed by atoms with Crippen LogP contribution in [-0.2, 0) is 0 Å². The highest BCUT2D eigenvalue weighted by Gasteiger charge is 2.33. The summed E-state index contributed by atoms with van der Waals surface area (Å²) in [5.74, 6) is 0.815. The normalized spacial score (nSPS) is 26.2. The molecule has 3 heterocycles. The van der Waals surface area contributed by atoms with Crippen molar-refractivity contribution in [1.82, 2.24) is 10.2 Å².